The van der Waals surface area contributed by atoms with Crippen LogP contribution in [0.3, 0.4) is 0 Å². The summed E-state index contributed by atoms with van der Waals surface area (Å²) in [5.74, 6) is 0.355. The molecule has 0 radical (unpaired) electrons. The Morgan fingerprint density at radius 3 is 2.47 bits per heavy atom. The Morgan fingerprint density at radius 2 is 1.95 bits per heavy atom. The van der Waals surface area contributed by atoms with Gasteiger partial charge in [-0.1, -0.05) is 29.8 Å². The molecule has 0 saturated heterocycles. The lowest BCUT2D eigenvalue weighted by Gasteiger charge is -2.28. The Bertz CT molecular complexity index is 441. The third-order valence-corrected chi connectivity index (χ3v) is 4.31. The van der Waals surface area contributed by atoms with Crippen molar-refractivity contribution in [2.75, 3.05) is 7.05 Å². The Labute approximate surface area is 115 Å². The van der Waals surface area contributed by atoms with Crippen molar-refractivity contribution in [3.63, 3.8) is 0 Å². The van der Waals surface area contributed by atoms with Crippen LogP contribution in [-0.4, -0.2) is 23.9 Å². The lowest BCUT2D eigenvalue weighted by molar-refractivity contribution is -0.136. The summed E-state index contributed by atoms with van der Waals surface area (Å²) in [5.41, 5.74) is 8.32. The van der Waals surface area contributed by atoms with E-state index < -0.39 is 0 Å². The molecule has 3 unspecified atom stereocenters. The smallest absolute Gasteiger partial charge is 0.225 e. The first-order valence-electron chi connectivity index (χ1n) is 7.08. The molecule has 2 N–H and O–H groups in total. The highest BCUT2D eigenvalue weighted by Gasteiger charge is 2.31. The van der Waals surface area contributed by atoms with Crippen LogP contribution in [0.25, 0.3) is 0 Å². The van der Waals surface area contributed by atoms with Crippen LogP contribution in [-0.2, 0) is 4.79 Å². The number of rotatable bonds is 3. The number of aryl methyl sites for hydroxylation is 1. The molecule has 0 aromatic heterocycles. The van der Waals surface area contributed by atoms with Crippen LogP contribution >= 0.6 is 0 Å². The van der Waals surface area contributed by atoms with E-state index in [0.29, 0.717) is 0 Å². The second-order valence-electron chi connectivity index (χ2n) is 5.81. The van der Waals surface area contributed by atoms with E-state index in [4.69, 9.17) is 5.73 Å². The number of amides is 1. The first kappa shape index (κ1) is 14.1. The van der Waals surface area contributed by atoms with Crippen molar-refractivity contribution in [2.24, 2.45) is 11.7 Å². The molecule has 3 heteroatoms. The molecule has 1 fully saturated rings. The summed E-state index contributed by atoms with van der Waals surface area (Å²) in [5, 5.41) is 0. The van der Waals surface area contributed by atoms with Crippen LogP contribution in [0.4, 0.5) is 0 Å². The highest BCUT2D eigenvalue weighted by molar-refractivity contribution is 5.79. The van der Waals surface area contributed by atoms with Gasteiger partial charge in [-0.15, -0.1) is 0 Å². The van der Waals surface area contributed by atoms with Gasteiger partial charge < -0.3 is 10.6 Å². The maximum atomic E-state index is 12.4. The first-order valence-corrected chi connectivity index (χ1v) is 7.08. The zero-order valence-electron chi connectivity index (χ0n) is 12.1. The van der Waals surface area contributed by atoms with Gasteiger partial charge >= 0.3 is 0 Å². The van der Waals surface area contributed by atoms with Gasteiger partial charge in [0.15, 0.2) is 0 Å². The minimum absolute atomic E-state index is 0.116. The molecule has 19 heavy (non-hydrogen) atoms. The molecule has 0 bridgehead atoms. The van der Waals surface area contributed by atoms with E-state index in [1.807, 2.05) is 11.9 Å². The van der Waals surface area contributed by atoms with Crippen LogP contribution in [0, 0.1) is 12.8 Å². The van der Waals surface area contributed by atoms with E-state index in [9.17, 15) is 4.79 Å². The molecular weight excluding hydrogens is 236 g/mol. The monoisotopic (exact) mass is 260 g/mol. The Morgan fingerprint density at radius 1 is 1.32 bits per heavy atom. The summed E-state index contributed by atoms with van der Waals surface area (Å²) in [7, 11) is 1.90. The SMILES string of the molecule is Cc1ccc(C(C)N(C)C(=O)C2CCC(N)C2)cc1. The van der Waals surface area contributed by atoms with Crippen molar-refractivity contribution >= 4 is 5.91 Å². The van der Waals surface area contributed by atoms with Crippen LogP contribution in [0.1, 0.15) is 43.4 Å². The highest BCUT2D eigenvalue weighted by atomic mass is 16.2. The van der Waals surface area contributed by atoms with E-state index in [-0.39, 0.29) is 23.9 Å². The van der Waals surface area contributed by atoms with Crippen LogP contribution in [0.5, 0.6) is 0 Å². The molecule has 1 aromatic carbocycles. The van der Waals surface area contributed by atoms with Gasteiger partial charge in [-0.25, -0.2) is 0 Å². The third kappa shape index (κ3) is 3.16. The van der Waals surface area contributed by atoms with E-state index in [0.717, 1.165) is 19.3 Å². The fourth-order valence-corrected chi connectivity index (χ4v) is 2.79. The molecule has 0 aliphatic heterocycles. The van der Waals surface area contributed by atoms with Gasteiger partial charge in [0, 0.05) is 19.0 Å². The standard InChI is InChI=1S/C16H24N2O/c1-11-4-6-13(7-5-11)12(2)18(3)16(19)14-8-9-15(17)10-14/h4-7,12,14-15H,8-10,17H2,1-3H3. The predicted octanol–water partition coefficient (Wildman–Crippen LogP) is 2.64. The predicted molar refractivity (Wildman–Crippen MR) is 77.7 cm³/mol. The van der Waals surface area contributed by atoms with Crippen molar-refractivity contribution in [3.05, 3.63) is 35.4 Å². The van der Waals surface area contributed by atoms with E-state index in [1.54, 1.807) is 0 Å². The van der Waals surface area contributed by atoms with Crippen molar-refractivity contribution in [1.82, 2.24) is 4.90 Å². The van der Waals surface area contributed by atoms with Crippen molar-refractivity contribution in [2.45, 2.75) is 45.2 Å². The maximum absolute atomic E-state index is 12.4. The maximum Gasteiger partial charge on any atom is 0.225 e. The number of hydrogen-bond acceptors (Lipinski definition) is 2. The summed E-state index contributed by atoms with van der Waals surface area (Å²) >= 11 is 0. The van der Waals surface area contributed by atoms with E-state index in [1.165, 1.54) is 11.1 Å². The Balaban J connectivity index is 2.04. The van der Waals surface area contributed by atoms with Gasteiger partial charge in [-0.05, 0) is 38.7 Å². The lowest BCUT2D eigenvalue weighted by Crippen LogP contribution is -2.34. The molecule has 104 valence electrons. The summed E-state index contributed by atoms with van der Waals surface area (Å²) in [6.07, 6.45) is 2.75. The fourth-order valence-electron chi connectivity index (χ4n) is 2.79. The van der Waals surface area contributed by atoms with Gasteiger partial charge in [-0.3, -0.25) is 4.79 Å². The topological polar surface area (TPSA) is 46.3 Å². The van der Waals surface area contributed by atoms with Crippen LogP contribution in [0.15, 0.2) is 24.3 Å². The molecule has 1 aliphatic carbocycles. The first-order chi connectivity index (χ1) is 8.99. The average Bonchev–Trinajstić information content (AvgIpc) is 2.84. The summed E-state index contributed by atoms with van der Waals surface area (Å²) < 4.78 is 0. The van der Waals surface area contributed by atoms with Gasteiger partial charge in [0.2, 0.25) is 5.91 Å². The van der Waals surface area contributed by atoms with Gasteiger partial charge in [-0.2, -0.15) is 0 Å². The normalized spacial score (nSPS) is 24.2. The van der Waals surface area contributed by atoms with Crippen molar-refractivity contribution < 1.29 is 4.79 Å². The second kappa shape index (κ2) is 5.74. The van der Waals surface area contributed by atoms with Gasteiger partial charge in [0.05, 0.1) is 6.04 Å². The summed E-state index contributed by atoms with van der Waals surface area (Å²) in [6, 6.07) is 8.71. The molecule has 1 saturated carbocycles. The molecule has 3 nitrogen and oxygen atoms in total. The van der Waals surface area contributed by atoms with E-state index >= 15 is 0 Å². The summed E-state index contributed by atoms with van der Waals surface area (Å²) in [4.78, 5) is 14.3. The average molecular weight is 260 g/mol. The number of carbonyl (C=O) groups excluding carboxylic acids is 1. The number of benzene rings is 1. The molecule has 0 spiro atoms. The zero-order chi connectivity index (χ0) is 14.0. The zero-order valence-corrected chi connectivity index (χ0v) is 12.1. The largest absolute Gasteiger partial charge is 0.339 e. The van der Waals surface area contributed by atoms with Crippen LogP contribution in [0.2, 0.25) is 0 Å². The quantitative estimate of drug-likeness (QED) is 0.908. The molecule has 0 heterocycles. The highest BCUT2D eigenvalue weighted by Crippen LogP contribution is 2.29. The van der Waals surface area contributed by atoms with Gasteiger partial charge in [0.1, 0.15) is 0 Å². The number of nitrogens with zero attached hydrogens (tertiary/aromatic N) is 1. The lowest BCUT2D eigenvalue weighted by atomic mass is 10.0. The van der Waals surface area contributed by atoms with E-state index in [2.05, 4.69) is 38.1 Å². The minimum Gasteiger partial charge on any atom is -0.339 e. The Hall–Kier alpha value is -1.35. The molecule has 3 atom stereocenters. The van der Waals surface area contributed by atoms with Gasteiger partial charge in [0.25, 0.3) is 0 Å². The third-order valence-electron chi connectivity index (χ3n) is 4.31. The molecule has 1 aromatic rings. The summed E-state index contributed by atoms with van der Waals surface area (Å²) in [6.45, 7) is 4.15. The second-order valence-corrected chi connectivity index (χ2v) is 5.81. The number of carbonyl (C=O) groups is 1. The molecule has 1 aliphatic rings. The molecule has 1 amide bonds. The molecular formula is C16H24N2O. The van der Waals surface area contributed by atoms with Crippen molar-refractivity contribution in [3.8, 4) is 0 Å². The van der Waals surface area contributed by atoms with Crippen LogP contribution < -0.4 is 5.73 Å². The molecule has 2 rings (SSSR count). The fraction of sp³-hybridized carbons (Fsp3) is 0.562. The Kier molecular flexibility index (Phi) is 4.25. The van der Waals surface area contributed by atoms with Crippen molar-refractivity contribution in [1.29, 1.82) is 0 Å². The number of nitrogens with two attached hydrogens (primary N) is 1. The minimum atomic E-state index is 0.116. The number of hydrogen-bond donors (Lipinski definition) is 1.